The standard InChI is InChI=1S/C21H18F2N4O3/c1-24-8-7-17(25-2)29-12-4-6-16-13(10-12)18-19(20(18)30-16)27-21(28)26-11-3-5-14(22)15(23)9-11/h3-10,18-20H,2H2,1H3,(H2,26,27,28)/b17-7+,24-8?/t18-,19-,20-/m0/s1. The Kier molecular flexibility index (Phi) is 5.18. The number of halogens is 2. The van der Waals surface area contributed by atoms with Crippen LogP contribution >= 0.6 is 0 Å². The van der Waals surface area contributed by atoms with Gasteiger partial charge in [0.25, 0.3) is 0 Å². The molecule has 1 heterocycles. The molecule has 0 saturated heterocycles. The number of nitrogens with zero attached hydrogens (tertiary/aromatic N) is 2. The molecule has 2 aromatic rings. The summed E-state index contributed by atoms with van der Waals surface area (Å²) < 4.78 is 37.8. The highest BCUT2D eigenvalue weighted by Crippen LogP contribution is 2.54. The summed E-state index contributed by atoms with van der Waals surface area (Å²) in [6, 6.07) is 7.76. The number of allylic oxidation sites excluding steroid dienone is 1. The first-order valence-electron chi connectivity index (χ1n) is 9.10. The Morgan fingerprint density at radius 1 is 1.23 bits per heavy atom. The van der Waals surface area contributed by atoms with Crippen LogP contribution in [0.4, 0.5) is 19.3 Å². The topological polar surface area (TPSA) is 84.3 Å². The number of ether oxygens (including phenoxy) is 2. The first-order chi connectivity index (χ1) is 14.5. The van der Waals surface area contributed by atoms with Crippen molar-refractivity contribution in [3.05, 3.63) is 65.6 Å². The lowest BCUT2D eigenvalue weighted by atomic mass is 10.1. The van der Waals surface area contributed by atoms with Crippen LogP contribution in [0.5, 0.6) is 11.5 Å². The maximum Gasteiger partial charge on any atom is 0.319 e. The van der Waals surface area contributed by atoms with Crippen LogP contribution in [0.1, 0.15) is 11.5 Å². The molecule has 2 amide bonds. The molecular weight excluding hydrogens is 394 g/mol. The van der Waals surface area contributed by atoms with Gasteiger partial charge in [-0.3, -0.25) is 4.99 Å². The highest BCUT2D eigenvalue weighted by molar-refractivity contribution is 5.90. The zero-order chi connectivity index (χ0) is 21.3. The molecule has 1 saturated carbocycles. The molecule has 154 valence electrons. The minimum absolute atomic E-state index is 0.0272. The van der Waals surface area contributed by atoms with E-state index in [1.54, 1.807) is 31.5 Å². The number of rotatable bonds is 6. The van der Waals surface area contributed by atoms with Crippen LogP contribution in [0.2, 0.25) is 0 Å². The molecule has 0 aromatic heterocycles. The maximum absolute atomic E-state index is 13.3. The Balaban J connectivity index is 1.40. The van der Waals surface area contributed by atoms with E-state index in [-0.39, 0.29) is 23.8 Å². The summed E-state index contributed by atoms with van der Waals surface area (Å²) in [7, 11) is 1.63. The van der Waals surface area contributed by atoms with Crippen LogP contribution in [0.3, 0.4) is 0 Å². The fourth-order valence-corrected chi connectivity index (χ4v) is 3.35. The first-order valence-corrected chi connectivity index (χ1v) is 9.10. The highest BCUT2D eigenvalue weighted by Gasteiger charge is 2.59. The summed E-state index contributed by atoms with van der Waals surface area (Å²) in [5.41, 5.74) is 1.06. The number of hydrogen-bond acceptors (Lipinski definition) is 5. The van der Waals surface area contributed by atoms with Gasteiger partial charge in [0.05, 0.1) is 12.0 Å². The van der Waals surface area contributed by atoms with Crippen LogP contribution in [-0.4, -0.2) is 38.2 Å². The van der Waals surface area contributed by atoms with Crippen molar-refractivity contribution in [2.75, 3.05) is 12.4 Å². The zero-order valence-electron chi connectivity index (χ0n) is 15.9. The molecule has 2 N–H and O–H groups in total. The largest absolute Gasteiger partial charge is 0.487 e. The predicted octanol–water partition coefficient (Wildman–Crippen LogP) is 3.63. The molecule has 2 aliphatic rings. The number of hydrogen-bond donors (Lipinski definition) is 2. The fourth-order valence-electron chi connectivity index (χ4n) is 3.35. The summed E-state index contributed by atoms with van der Waals surface area (Å²) in [6.45, 7) is 3.47. The summed E-state index contributed by atoms with van der Waals surface area (Å²) in [4.78, 5) is 19.8. The molecule has 4 rings (SSSR count). The van der Waals surface area contributed by atoms with Crippen molar-refractivity contribution in [3.63, 3.8) is 0 Å². The number of anilines is 1. The van der Waals surface area contributed by atoms with Gasteiger partial charge in [0.15, 0.2) is 11.6 Å². The molecule has 9 heteroatoms. The maximum atomic E-state index is 13.3. The Morgan fingerprint density at radius 2 is 2.07 bits per heavy atom. The second kappa shape index (κ2) is 7.94. The second-order valence-corrected chi connectivity index (χ2v) is 6.73. The van der Waals surface area contributed by atoms with E-state index >= 15 is 0 Å². The third-order valence-corrected chi connectivity index (χ3v) is 4.78. The minimum atomic E-state index is -1.03. The lowest BCUT2D eigenvalue weighted by Crippen LogP contribution is -2.34. The van der Waals surface area contributed by atoms with Crippen LogP contribution < -0.4 is 20.1 Å². The van der Waals surface area contributed by atoms with Crippen molar-refractivity contribution in [1.82, 2.24) is 5.32 Å². The number of carbonyl (C=O) groups is 1. The highest BCUT2D eigenvalue weighted by atomic mass is 19.2. The minimum Gasteiger partial charge on any atom is -0.487 e. The number of nitrogens with one attached hydrogen (secondary N) is 2. The quantitative estimate of drug-likeness (QED) is 0.561. The lowest BCUT2D eigenvalue weighted by Gasteiger charge is -2.12. The van der Waals surface area contributed by atoms with Crippen LogP contribution in [0.25, 0.3) is 0 Å². The average molecular weight is 412 g/mol. The van der Waals surface area contributed by atoms with Gasteiger partial charge in [-0.1, -0.05) is 0 Å². The average Bonchev–Trinajstić information content (AvgIpc) is 3.24. The third-order valence-electron chi connectivity index (χ3n) is 4.78. The van der Waals surface area contributed by atoms with Crippen molar-refractivity contribution in [1.29, 1.82) is 0 Å². The van der Waals surface area contributed by atoms with Gasteiger partial charge in [-0.25, -0.2) is 18.6 Å². The van der Waals surface area contributed by atoms with E-state index in [4.69, 9.17) is 9.47 Å². The van der Waals surface area contributed by atoms with Crippen molar-refractivity contribution < 1.29 is 23.0 Å². The van der Waals surface area contributed by atoms with E-state index in [2.05, 4.69) is 27.3 Å². The number of aliphatic imine (C=N–C) groups is 2. The van der Waals surface area contributed by atoms with Gasteiger partial charge in [-0.2, -0.15) is 0 Å². The molecule has 2 aromatic carbocycles. The Bertz CT molecular complexity index is 1070. The molecular formula is C21H18F2N4O3. The normalized spacial score (nSPS) is 21.4. The van der Waals surface area contributed by atoms with E-state index < -0.39 is 17.7 Å². The van der Waals surface area contributed by atoms with Gasteiger partial charge in [-0.15, -0.1) is 0 Å². The van der Waals surface area contributed by atoms with Crippen molar-refractivity contribution in [2.24, 2.45) is 9.98 Å². The second-order valence-electron chi connectivity index (χ2n) is 6.73. The summed E-state index contributed by atoms with van der Waals surface area (Å²) in [5.74, 6) is -0.462. The molecule has 1 aliphatic carbocycles. The van der Waals surface area contributed by atoms with Gasteiger partial charge in [-0.05, 0) is 37.0 Å². The molecule has 0 bridgehead atoms. The molecule has 0 spiro atoms. The predicted molar refractivity (Wildman–Crippen MR) is 109 cm³/mol. The SMILES string of the molecule is C=N/C(=C\C=NC)Oc1ccc2c(c1)[C@H]1[C@H](NC(=O)Nc3ccc(F)c(F)c3)[C@H]1O2. The smallest absolute Gasteiger partial charge is 0.319 e. The van der Waals surface area contributed by atoms with E-state index in [0.717, 1.165) is 23.4 Å². The van der Waals surface area contributed by atoms with Gasteiger partial charge in [0, 0.05) is 36.7 Å². The number of benzene rings is 2. The van der Waals surface area contributed by atoms with E-state index in [9.17, 15) is 13.6 Å². The van der Waals surface area contributed by atoms with E-state index in [1.807, 2.05) is 6.07 Å². The van der Waals surface area contributed by atoms with Crippen molar-refractivity contribution >= 4 is 24.7 Å². The van der Waals surface area contributed by atoms with E-state index in [0.29, 0.717) is 11.6 Å². The lowest BCUT2D eigenvalue weighted by molar-refractivity contribution is 0.246. The summed E-state index contributed by atoms with van der Waals surface area (Å²) in [6.07, 6.45) is 2.94. The van der Waals surface area contributed by atoms with Gasteiger partial charge >= 0.3 is 6.03 Å². The number of urea groups is 1. The van der Waals surface area contributed by atoms with Crippen molar-refractivity contribution in [2.45, 2.75) is 18.1 Å². The van der Waals surface area contributed by atoms with Crippen molar-refractivity contribution in [3.8, 4) is 11.5 Å². The summed E-state index contributed by atoms with van der Waals surface area (Å²) >= 11 is 0. The van der Waals surface area contributed by atoms with Crippen LogP contribution in [-0.2, 0) is 0 Å². The molecule has 30 heavy (non-hydrogen) atoms. The Morgan fingerprint density at radius 3 is 2.80 bits per heavy atom. The van der Waals surface area contributed by atoms with Gasteiger partial charge in [0.1, 0.15) is 17.6 Å². The molecule has 1 aliphatic heterocycles. The molecule has 0 radical (unpaired) electrons. The van der Waals surface area contributed by atoms with Crippen LogP contribution in [0, 0.1) is 11.6 Å². The molecule has 1 fully saturated rings. The van der Waals surface area contributed by atoms with Crippen LogP contribution in [0.15, 0.2) is 58.3 Å². The number of amides is 2. The summed E-state index contributed by atoms with van der Waals surface area (Å²) in [5, 5.41) is 5.27. The first kappa shape index (κ1) is 19.6. The number of fused-ring (bicyclic) bond motifs is 3. The third kappa shape index (κ3) is 3.86. The fraction of sp³-hybridized carbons (Fsp3) is 0.190. The molecule has 3 atom stereocenters. The Labute approximate surface area is 171 Å². The van der Waals surface area contributed by atoms with Gasteiger partial charge < -0.3 is 20.1 Å². The van der Waals surface area contributed by atoms with Gasteiger partial charge in [0.2, 0.25) is 5.88 Å². The monoisotopic (exact) mass is 412 g/mol. The zero-order valence-corrected chi connectivity index (χ0v) is 15.9. The molecule has 0 unspecified atom stereocenters. The Hall–Kier alpha value is -3.75. The van der Waals surface area contributed by atoms with E-state index in [1.165, 1.54) is 6.07 Å². The number of carbonyl (C=O) groups excluding carboxylic acids is 1. The molecule has 7 nitrogen and oxygen atoms in total.